The summed E-state index contributed by atoms with van der Waals surface area (Å²) in [6.07, 6.45) is 2.68. The van der Waals surface area contributed by atoms with Gasteiger partial charge in [0, 0.05) is 15.7 Å². The average Bonchev–Trinajstić information content (AvgIpc) is 3.21. The Morgan fingerprint density at radius 1 is 0.966 bits per heavy atom. The summed E-state index contributed by atoms with van der Waals surface area (Å²) in [7, 11) is 0. The zero-order valence-electron chi connectivity index (χ0n) is 17.3. The third-order valence-corrected chi connectivity index (χ3v) is 12.9. The topological polar surface area (TPSA) is 84.5 Å². The first-order valence-electron chi connectivity index (χ1n) is 9.96. The molecule has 1 aliphatic heterocycles. The maximum absolute atomic E-state index is 13.3. The van der Waals surface area contributed by atoms with Crippen LogP contribution in [0.25, 0.3) is 0 Å². The van der Waals surface area contributed by atoms with Crippen LogP contribution in [0.4, 0.5) is 0 Å². The second-order valence-corrected chi connectivity index (χ2v) is 14.4. The number of alkyl halides is 3. The van der Waals surface area contributed by atoms with Crippen molar-refractivity contribution in [2.24, 2.45) is 27.1 Å². The molecule has 2 amide bonds. The third-order valence-electron chi connectivity index (χ3n) is 9.63. The molecule has 0 aromatic rings. The van der Waals surface area contributed by atoms with Gasteiger partial charge in [0.1, 0.15) is 0 Å². The van der Waals surface area contributed by atoms with Crippen LogP contribution in [0.5, 0.6) is 0 Å². The molecule has 29 heavy (non-hydrogen) atoms. The van der Waals surface area contributed by atoms with Gasteiger partial charge in [-0.15, -0.1) is 0 Å². The first-order chi connectivity index (χ1) is 13.2. The fraction of sp³-hybridized carbons (Fsp3) is 0.850. The number of carbonyl (C=O) groups is 3. The number of hydrogen-bond acceptors (Lipinski definition) is 4. The van der Waals surface area contributed by atoms with Crippen LogP contribution in [0.3, 0.4) is 0 Å². The highest BCUT2D eigenvalue weighted by Gasteiger charge is 2.83. The maximum Gasteiger partial charge on any atom is 0.313 e. The summed E-state index contributed by atoms with van der Waals surface area (Å²) in [5.74, 6) is -0.991. The molecule has 0 aromatic heterocycles. The summed E-state index contributed by atoms with van der Waals surface area (Å²) < 4.78 is 5.68. The van der Waals surface area contributed by atoms with Gasteiger partial charge in [0.15, 0.2) is 5.60 Å². The Labute approximate surface area is 196 Å². The number of amides is 2. The molecular weight excluding hydrogens is 572 g/mol. The average molecular weight is 599 g/mol. The Balaban J connectivity index is 1.52. The van der Waals surface area contributed by atoms with Crippen molar-refractivity contribution in [1.82, 2.24) is 10.9 Å². The minimum Gasteiger partial charge on any atom is -0.448 e. The summed E-state index contributed by atoms with van der Waals surface area (Å²) in [6.45, 7) is 9.86. The van der Waals surface area contributed by atoms with E-state index >= 15 is 0 Å². The normalized spacial score (nSPS) is 45.7. The van der Waals surface area contributed by atoms with Gasteiger partial charge in [-0.05, 0) is 38.0 Å². The van der Waals surface area contributed by atoms with Gasteiger partial charge in [0.2, 0.25) is 5.91 Å². The predicted octanol–water partition coefficient (Wildman–Crippen LogP) is 3.94. The van der Waals surface area contributed by atoms with Crippen LogP contribution < -0.4 is 10.9 Å². The number of carbonyl (C=O) groups excluding carboxylic acids is 3. The number of hydrogen-bond donors (Lipinski definition) is 2. The van der Waals surface area contributed by atoms with Gasteiger partial charge in [-0.2, -0.15) is 0 Å². The Hall–Kier alpha value is -0.150. The Morgan fingerprint density at radius 2 is 1.55 bits per heavy atom. The zero-order chi connectivity index (χ0) is 21.8. The number of ether oxygens (including phenoxy) is 1. The van der Waals surface area contributed by atoms with E-state index in [0.717, 1.165) is 12.8 Å². The number of hydrazine groups is 1. The van der Waals surface area contributed by atoms with Crippen LogP contribution in [0.15, 0.2) is 0 Å². The van der Waals surface area contributed by atoms with E-state index in [1.165, 1.54) is 0 Å². The molecule has 5 rings (SSSR count). The van der Waals surface area contributed by atoms with Crippen molar-refractivity contribution in [2.75, 3.05) is 0 Å². The van der Waals surface area contributed by atoms with E-state index in [2.05, 4.69) is 72.5 Å². The first-order valence-corrected chi connectivity index (χ1v) is 12.7. The van der Waals surface area contributed by atoms with Crippen molar-refractivity contribution in [3.05, 3.63) is 0 Å². The van der Waals surface area contributed by atoms with E-state index in [-0.39, 0.29) is 31.3 Å². The molecule has 5 unspecified atom stereocenters. The van der Waals surface area contributed by atoms with Gasteiger partial charge in [-0.25, -0.2) is 0 Å². The van der Waals surface area contributed by atoms with Crippen LogP contribution in [0, 0.1) is 27.1 Å². The van der Waals surface area contributed by atoms with Gasteiger partial charge in [0.25, 0.3) is 5.91 Å². The molecule has 4 aliphatic carbocycles. The van der Waals surface area contributed by atoms with E-state index in [4.69, 9.17) is 4.74 Å². The highest BCUT2D eigenvalue weighted by molar-refractivity contribution is 9.24. The molecule has 1 heterocycles. The quantitative estimate of drug-likeness (QED) is 0.293. The third kappa shape index (κ3) is 2.03. The van der Waals surface area contributed by atoms with E-state index in [0.29, 0.717) is 12.8 Å². The number of halogens is 3. The largest absolute Gasteiger partial charge is 0.448 e. The predicted molar refractivity (Wildman–Crippen MR) is 118 cm³/mol. The zero-order valence-corrected chi connectivity index (χ0v) is 22.0. The van der Waals surface area contributed by atoms with Gasteiger partial charge in [-0.1, -0.05) is 75.5 Å². The molecule has 5 aliphatic rings. The summed E-state index contributed by atoms with van der Waals surface area (Å²) >= 11 is 11.1. The SMILES string of the molecule is CC12CCC(C(=O)NNC(=O)C34CCC(C(Br)Br)(C3Br)C4(C)C)(OC1=O)C2(C)C. The van der Waals surface area contributed by atoms with Crippen molar-refractivity contribution in [3.8, 4) is 0 Å². The molecule has 6 nitrogen and oxygen atoms in total. The molecule has 1 saturated heterocycles. The van der Waals surface area contributed by atoms with Crippen molar-refractivity contribution in [2.45, 2.75) is 74.5 Å². The first kappa shape index (κ1) is 22.1. The Morgan fingerprint density at radius 3 is 1.97 bits per heavy atom. The molecule has 4 bridgehead atoms. The lowest BCUT2D eigenvalue weighted by atomic mass is 9.43. The van der Waals surface area contributed by atoms with Crippen molar-refractivity contribution >= 4 is 65.6 Å². The molecule has 5 fully saturated rings. The number of nitrogens with one attached hydrogen (secondary N) is 2. The second kappa shape index (κ2) is 6.00. The standard InChI is InChI=1S/C20H27Br3N2O4/c1-15(2)17(5)6-9-20(15,29-14(17)28)13(27)25-24-12(26)19-8-7-18(10(19)21,11(22)23)16(19,3)4/h10-11H,6-9H2,1-5H3,(H,24,26)(H,25,27). The maximum atomic E-state index is 13.3. The van der Waals surface area contributed by atoms with E-state index in [1.54, 1.807) is 0 Å². The van der Waals surface area contributed by atoms with Crippen molar-refractivity contribution in [3.63, 3.8) is 0 Å². The van der Waals surface area contributed by atoms with Crippen molar-refractivity contribution in [1.29, 1.82) is 0 Å². The Bertz CT molecular complexity index is 831. The minimum absolute atomic E-state index is 0.0214. The minimum atomic E-state index is -1.25. The van der Waals surface area contributed by atoms with E-state index in [1.807, 2.05) is 20.8 Å². The highest BCUT2D eigenvalue weighted by Crippen LogP contribution is 2.82. The lowest BCUT2D eigenvalue weighted by molar-refractivity contribution is -0.171. The summed E-state index contributed by atoms with van der Waals surface area (Å²) in [5.41, 5.74) is 1.70. The summed E-state index contributed by atoms with van der Waals surface area (Å²) in [4.78, 5) is 38.9. The van der Waals surface area contributed by atoms with Gasteiger partial charge < -0.3 is 4.74 Å². The molecule has 0 radical (unpaired) electrons. The van der Waals surface area contributed by atoms with Crippen LogP contribution in [0.2, 0.25) is 0 Å². The lowest BCUT2D eigenvalue weighted by Crippen LogP contribution is -2.73. The fourth-order valence-electron chi connectivity index (χ4n) is 6.77. The van der Waals surface area contributed by atoms with Crippen LogP contribution >= 0.6 is 47.8 Å². The number of esters is 1. The summed E-state index contributed by atoms with van der Waals surface area (Å²) in [6, 6.07) is 0. The molecule has 5 atom stereocenters. The molecule has 0 spiro atoms. The molecule has 9 heteroatoms. The smallest absolute Gasteiger partial charge is 0.313 e. The molecule has 0 aromatic carbocycles. The monoisotopic (exact) mass is 596 g/mol. The van der Waals surface area contributed by atoms with Crippen LogP contribution in [-0.4, -0.2) is 31.9 Å². The molecule has 2 N–H and O–H groups in total. The van der Waals surface area contributed by atoms with E-state index in [9.17, 15) is 14.4 Å². The van der Waals surface area contributed by atoms with Crippen LogP contribution in [-0.2, 0) is 19.1 Å². The van der Waals surface area contributed by atoms with Crippen molar-refractivity contribution < 1.29 is 19.1 Å². The highest BCUT2D eigenvalue weighted by atomic mass is 79.9. The molecule has 162 valence electrons. The number of rotatable bonds is 3. The summed E-state index contributed by atoms with van der Waals surface area (Å²) in [5, 5.41) is 0. The number of fused-ring (bicyclic) bond motifs is 3. The van der Waals surface area contributed by atoms with Gasteiger partial charge >= 0.3 is 5.97 Å². The van der Waals surface area contributed by atoms with Crippen LogP contribution in [0.1, 0.15) is 60.3 Å². The lowest BCUT2D eigenvalue weighted by Gasteiger charge is -2.66. The molecule has 4 saturated carbocycles. The Kier molecular flexibility index (Phi) is 4.56. The van der Waals surface area contributed by atoms with Gasteiger partial charge in [0.05, 0.1) is 14.6 Å². The second-order valence-electron chi connectivity index (χ2n) is 10.4. The fourth-order valence-corrected chi connectivity index (χ4v) is 11.7. The van der Waals surface area contributed by atoms with Gasteiger partial charge in [-0.3, -0.25) is 25.2 Å². The van der Waals surface area contributed by atoms with E-state index < -0.39 is 27.8 Å². The molecular formula is C20H27Br3N2O4.